The Balaban J connectivity index is 2.63. The molecular formula is C13H23N3O4. The second-order valence-corrected chi connectivity index (χ2v) is 6.07. The first-order chi connectivity index (χ1) is 9.15. The minimum atomic E-state index is -1.05. The molecule has 0 aromatic heterocycles. The van der Waals surface area contributed by atoms with Crippen molar-refractivity contribution in [2.45, 2.75) is 39.7 Å². The van der Waals surface area contributed by atoms with Crippen molar-refractivity contribution in [3.05, 3.63) is 0 Å². The Bertz CT molecular complexity index is 410. The molecule has 1 aliphatic rings. The third-order valence-corrected chi connectivity index (χ3v) is 3.66. The first kappa shape index (κ1) is 16.3. The van der Waals surface area contributed by atoms with Crippen LogP contribution >= 0.6 is 0 Å². The molecule has 1 unspecified atom stereocenters. The second-order valence-electron chi connectivity index (χ2n) is 6.07. The summed E-state index contributed by atoms with van der Waals surface area (Å²) in [5.41, 5.74) is 4.59. The summed E-state index contributed by atoms with van der Waals surface area (Å²) >= 11 is 0. The molecular weight excluding hydrogens is 262 g/mol. The zero-order valence-electron chi connectivity index (χ0n) is 12.2. The Morgan fingerprint density at radius 3 is 2.40 bits per heavy atom. The van der Waals surface area contributed by atoms with Crippen LogP contribution in [0, 0.1) is 11.3 Å². The predicted octanol–water partition coefficient (Wildman–Crippen LogP) is 0.393. The van der Waals surface area contributed by atoms with Gasteiger partial charge in [-0.15, -0.1) is 0 Å². The van der Waals surface area contributed by atoms with Gasteiger partial charge < -0.3 is 21.1 Å². The summed E-state index contributed by atoms with van der Waals surface area (Å²) in [6.45, 7) is 6.12. The molecule has 0 radical (unpaired) electrons. The van der Waals surface area contributed by atoms with Crippen LogP contribution in [-0.2, 0) is 9.59 Å². The van der Waals surface area contributed by atoms with Crippen LogP contribution in [0.15, 0.2) is 0 Å². The number of nitrogens with two attached hydrogens (primary N) is 1. The molecule has 0 spiro atoms. The molecule has 1 fully saturated rings. The molecule has 0 aromatic rings. The molecule has 1 aliphatic heterocycles. The van der Waals surface area contributed by atoms with Gasteiger partial charge in [-0.2, -0.15) is 0 Å². The van der Waals surface area contributed by atoms with Crippen LogP contribution in [0.4, 0.5) is 4.79 Å². The number of carboxylic acids is 1. The average Bonchev–Trinajstić information content (AvgIpc) is 2.71. The van der Waals surface area contributed by atoms with Gasteiger partial charge in [0.05, 0.1) is 5.41 Å². The highest BCUT2D eigenvalue weighted by Crippen LogP contribution is 2.29. The molecule has 0 saturated carbocycles. The van der Waals surface area contributed by atoms with Gasteiger partial charge in [-0.1, -0.05) is 13.8 Å². The molecule has 20 heavy (non-hydrogen) atoms. The maximum Gasteiger partial charge on any atom is 0.326 e. The van der Waals surface area contributed by atoms with Crippen LogP contribution in [0.5, 0.6) is 0 Å². The van der Waals surface area contributed by atoms with Gasteiger partial charge in [0, 0.05) is 13.1 Å². The van der Waals surface area contributed by atoms with Crippen molar-refractivity contribution in [3.8, 4) is 0 Å². The third kappa shape index (κ3) is 3.85. The van der Waals surface area contributed by atoms with Crippen LogP contribution in [0.1, 0.15) is 33.6 Å². The van der Waals surface area contributed by atoms with Gasteiger partial charge in [0.25, 0.3) is 0 Å². The van der Waals surface area contributed by atoms with Gasteiger partial charge in [0.15, 0.2) is 0 Å². The number of aliphatic carboxylic acids is 1. The largest absolute Gasteiger partial charge is 0.480 e. The molecule has 1 rings (SSSR count). The van der Waals surface area contributed by atoms with E-state index in [4.69, 9.17) is 10.8 Å². The quantitative estimate of drug-likeness (QED) is 0.678. The molecule has 1 heterocycles. The number of amides is 3. The monoisotopic (exact) mass is 285 g/mol. The molecule has 114 valence electrons. The highest BCUT2D eigenvalue weighted by Gasteiger charge is 2.41. The fourth-order valence-electron chi connectivity index (χ4n) is 2.27. The van der Waals surface area contributed by atoms with Crippen LogP contribution in [-0.4, -0.2) is 47.0 Å². The van der Waals surface area contributed by atoms with Crippen molar-refractivity contribution in [3.63, 3.8) is 0 Å². The van der Waals surface area contributed by atoms with Crippen molar-refractivity contribution in [1.82, 2.24) is 10.2 Å². The van der Waals surface area contributed by atoms with Gasteiger partial charge in [-0.25, -0.2) is 9.59 Å². The van der Waals surface area contributed by atoms with Gasteiger partial charge in [0.2, 0.25) is 5.91 Å². The first-order valence-electron chi connectivity index (χ1n) is 6.74. The lowest BCUT2D eigenvalue weighted by molar-refractivity contribution is -0.139. The van der Waals surface area contributed by atoms with Crippen molar-refractivity contribution in [1.29, 1.82) is 0 Å². The molecule has 4 N–H and O–H groups in total. The zero-order chi connectivity index (χ0) is 15.5. The van der Waals surface area contributed by atoms with Crippen molar-refractivity contribution < 1.29 is 19.5 Å². The number of nitrogens with zero attached hydrogens (tertiary/aromatic N) is 1. The summed E-state index contributed by atoms with van der Waals surface area (Å²) in [5.74, 6) is -1.33. The van der Waals surface area contributed by atoms with E-state index in [0.717, 1.165) is 0 Å². The van der Waals surface area contributed by atoms with Crippen LogP contribution in [0.2, 0.25) is 0 Å². The Morgan fingerprint density at radius 1 is 1.40 bits per heavy atom. The summed E-state index contributed by atoms with van der Waals surface area (Å²) < 4.78 is 0. The average molecular weight is 285 g/mol. The van der Waals surface area contributed by atoms with Crippen LogP contribution < -0.4 is 11.1 Å². The molecule has 0 aliphatic carbocycles. The lowest BCUT2D eigenvalue weighted by Crippen LogP contribution is -2.48. The van der Waals surface area contributed by atoms with Crippen molar-refractivity contribution >= 4 is 17.9 Å². The highest BCUT2D eigenvalue weighted by atomic mass is 16.4. The minimum absolute atomic E-state index is 0.158. The maximum atomic E-state index is 12.1. The molecule has 7 heteroatoms. The van der Waals surface area contributed by atoms with E-state index in [9.17, 15) is 14.4 Å². The van der Waals surface area contributed by atoms with E-state index in [1.54, 1.807) is 6.92 Å². The number of carbonyl (C=O) groups is 3. The Kier molecular flexibility index (Phi) is 4.97. The number of rotatable bonds is 5. The van der Waals surface area contributed by atoms with E-state index >= 15 is 0 Å². The number of primary amides is 1. The molecule has 1 saturated heterocycles. The molecule has 2 atom stereocenters. The fraction of sp³-hybridized carbons (Fsp3) is 0.769. The Labute approximate surface area is 118 Å². The van der Waals surface area contributed by atoms with Gasteiger partial charge in [-0.05, 0) is 25.7 Å². The summed E-state index contributed by atoms with van der Waals surface area (Å²) in [4.78, 5) is 35.9. The van der Waals surface area contributed by atoms with Crippen molar-refractivity contribution in [2.24, 2.45) is 17.1 Å². The van der Waals surface area contributed by atoms with Gasteiger partial charge in [0.1, 0.15) is 6.04 Å². The summed E-state index contributed by atoms with van der Waals surface area (Å²) in [7, 11) is 0. The molecule has 3 amide bonds. The fourth-order valence-corrected chi connectivity index (χ4v) is 2.27. The normalized spacial score (nSPS) is 23.7. The van der Waals surface area contributed by atoms with Crippen molar-refractivity contribution in [2.75, 3.05) is 13.1 Å². The topological polar surface area (TPSA) is 113 Å². The number of carboxylic acid groups (broad SMARTS) is 1. The number of hydrogen-bond acceptors (Lipinski definition) is 3. The van der Waals surface area contributed by atoms with E-state index in [1.165, 1.54) is 4.90 Å². The van der Waals surface area contributed by atoms with Gasteiger partial charge in [-0.3, -0.25) is 4.79 Å². The van der Waals surface area contributed by atoms with E-state index in [0.29, 0.717) is 19.4 Å². The third-order valence-electron chi connectivity index (χ3n) is 3.66. The maximum absolute atomic E-state index is 12.1. The number of hydrogen-bond donors (Lipinski definition) is 3. The minimum Gasteiger partial charge on any atom is -0.480 e. The number of nitrogens with one attached hydrogen (secondary N) is 1. The lowest BCUT2D eigenvalue weighted by Gasteiger charge is -2.24. The first-order valence-corrected chi connectivity index (χ1v) is 6.74. The number of urea groups is 1. The molecule has 7 nitrogen and oxygen atoms in total. The highest BCUT2D eigenvalue weighted by molar-refractivity contribution is 5.85. The molecule has 0 aromatic carbocycles. The Hall–Kier alpha value is -1.79. The summed E-state index contributed by atoms with van der Waals surface area (Å²) in [6.07, 6.45) is 0.861. The second kappa shape index (κ2) is 6.11. The summed E-state index contributed by atoms with van der Waals surface area (Å²) in [6, 6.07) is -1.37. The predicted molar refractivity (Wildman–Crippen MR) is 72.9 cm³/mol. The van der Waals surface area contributed by atoms with Gasteiger partial charge >= 0.3 is 12.0 Å². The lowest BCUT2D eigenvalue weighted by atomic mass is 9.89. The smallest absolute Gasteiger partial charge is 0.326 e. The van der Waals surface area contributed by atoms with Crippen LogP contribution in [0.3, 0.4) is 0 Å². The number of likely N-dealkylation sites (tertiary alicyclic amines) is 1. The van der Waals surface area contributed by atoms with E-state index in [2.05, 4.69) is 5.32 Å². The SMILES string of the molecule is CC(C)C[C@H](NC(=O)N1CCC(C)(C(N)=O)C1)C(=O)O. The number of carbonyl (C=O) groups excluding carboxylic acids is 2. The Morgan fingerprint density at radius 2 is 2.00 bits per heavy atom. The summed E-state index contributed by atoms with van der Waals surface area (Å²) in [5, 5.41) is 11.6. The van der Waals surface area contributed by atoms with Crippen LogP contribution in [0.25, 0.3) is 0 Å². The van der Waals surface area contributed by atoms with E-state index in [-0.39, 0.29) is 12.5 Å². The zero-order valence-corrected chi connectivity index (χ0v) is 12.2. The van der Waals surface area contributed by atoms with E-state index in [1.807, 2.05) is 13.8 Å². The standard InChI is InChI=1S/C13H23N3O4/c1-8(2)6-9(10(17)18)15-12(20)16-5-4-13(3,7-16)11(14)19/h8-9H,4-7H2,1-3H3,(H2,14,19)(H,15,20)(H,17,18)/t9-,13?/m0/s1. The van der Waals surface area contributed by atoms with E-state index < -0.39 is 29.4 Å². The molecule has 0 bridgehead atoms.